The molecule has 4 atom stereocenters. The molecule has 0 unspecified atom stereocenters. The predicted molar refractivity (Wildman–Crippen MR) is 270 cm³/mol. The van der Waals surface area contributed by atoms with E-state index in [0.29, 0.717) is 80.4 Å². The molecule has 0 bridgehead atoms. The number of sulfonamides is 1. The van der Waals surface area contributed by atoms with Crippen LogP contribution in [-0.4, -0.2) is 122 Å². The van der Waals surface area contributed by atoms with Crippen molar-refractivity contribution in [3.63, 3.8) is 0 Å². The van der Waals surface area contributed by atoms with Crippen LogP contribution in [0.5, 0.6) is 11.6 Å². The molecule has 5 aromatic rings. The normalized spacial score (nSPS) is 26.3. The highest BCUT2D eigenvalue weighted by Gasteiger charge is 2.50. The summed E-state index contributed by atoms with van der Waals surface area (Å²) in [6.07, 6.45) is 9.78. The lowest BCUT2D eigenvalue weighted by Gasteiger charge is -2.57. The van der Waals surface area contributed by atoms with E-state index >= 15 is 0 Å². The maximum Gasteiger partial charge on any atom is 0.297 e. The molecule has 2 aromatic heterocycles. The zero-order valence-electron chi connectivity index (χ0n) is 40.5. The van der Waals surface area contributed by atoms with Crippen molar-refractivity contribution in [3.05, 3.63) is 99.7 Å². The highest BCUT2D eigenvalue weighted by atomic mass is 32.2. The second-order valence-corrected chi connectivity index (χ2v) is 22.9. The summed E-state index contributed by atoms with van der Waals surface area (Å²) in [7, 11) is -4.70. The fourth-order valence-electron chi connectivity index (χ4n) is 12.9. The van der Waals surface area contributed by atoms with Crippen LogP contribution in [-0.2, 0) is 19.5 Å². The first-order valence-corrected chi connectivity index (χ1v) is 27.1. The average molecular weight is 1000 g/mol. The largest absolute Gasteiger partial charge is 0.489 e. The lowest BCUT2D eigenvalue weighted by atomic mass is 9.59. The fourth-order valence-corrected chi connectivity index (χ4v) is 13.9. The van der Waals surface area contributed by atoms with Crippen LogP contribution in [0.15, 0.2) is 77.8 Å². The molecule has 2 saturated carbocycles. The van der Waals surface area contributed by atoms with Crippen molar-refractivity contribution in [2.75, 3.05) is 67.8 Å². The van der Waals surface area contributed by atoms with Crippen molar-refractivity contribution in [2.45, 2.75) is 112 Å². The lowest BCUT2D eigenvalue weighted by Crippen LogP contribution is -2.58. The maximum atomic E-state index is 14.8. The lowest BCUT2D eigenvalue weighted by molar-refractivity contribution is -0.384. The number of piperidine rings is 1. The number of carbonyl (C=O) groups is 1. The number of aliphatic hydroxyl groups excluding tert-OH is 1. The van der Waals surface area contributed by atoms with Crippen LogP contribution in [0, 0.1) is 28.4 Å². The number of benzene rings is 3. The number of nitro groups is 1. The first-order valence-electron chi connectivity index (χ1n) is 25.7. The van der Waals surface area contributed by atoms with E-state index in [9.17, 15) is 28.4 Å². The molecule has 4 N–H and O–H groups in total. The summed E-state index contributed by atoms with van der Waals surface area (Å²) in [4.78, 5) is 41.4. The SMILES string of the molecule is Cc1ccccc1[C@@H]1COCCN1C1CC2(CCN(c3ccc(C(=O)NS(=O)(=O)c4cc5c(c([N+](=O)[O-])c4)N[C@H](CC4CCC(O)CC4)CO5)c(N4c5cc6cc[nH]c6nc5O[C@H]5COCC[C@@H]54)c3)CC2)C1. The third kappa shape index (κ3) is 8.79. The zero-order valence-corrected chi connectivity index (χ0v) is 41.3. The number of nitrogens with zero attached hydrogens (tertiary/aromatic N) is 5. The van der Waals surface area contributed by atoms with Gasteiger partial charge in [0, 0.05) is 61.7 Å². The molecule has 380 valence electrons. The molecule has 3 aromatic carbocycles. The number of aromatic nitrogens is 2. The molecule has 7 heterocycles. The van der Waals surface area contributed by atoms with Gasteiger partial charge >= 0.3 is 0 Å². The first-order chi connectivity index (χ1) is 34.9. The van der Waals surface area contributed by atoms with Crippen molar-refractivity contribution in [1.82, 2.24) is 19.6 Å². The van der Waals surface area contributed by atoms with Crippen LogP contribution < -0.4 is 29.3 Å². The third-order valence-electron chi connectivity index (χ3n) is 16.8. The van der Waals surface area contributed by atoms with Gasteiger partial charge in [0.1, 0.15) is 24.0 Å². The topological polar surface area (TPSA) is 214 Å². The number of ether oxygens (including phenoxy) is 4. The number of hydrogen-bond donors (Lipinski definition) is 4. The second-order valence-electron chi connectivity index (χ2n) is 21.2. The molecule has 2 aliphatic carbocycles. The molecule has 18 nitrogen and oxygen atoms in total. The summed E-state index contributed by atoms with van der Waals surface area (Å²) >= 11 is 0. The van der Waals surface area contributed by atoms with Gasteiger partial charge in [0.05, 0.1) is 65.1 Å². The summed E-state index contributed by atoms with van der Waals surface area (Å²) in [5.74, 6) is -0.193. The molecule has 19 heteroatoms. The van der Waals surface area contributed by atoms with Gasteiger partial charge in [0.2, 0.25) is 5.88 Å². The Balaban J connectivity index is 0.830. The van der Waals surface area contributed by atoms with Gasteiger partial charge in [-0.05, 0) is 124 Å². The predicted octanol–water partition coefficient (Wildman–Crippen LogP) is 7.52. The number of carbonyl (C=O) groups excluding carboxylic acids is 1. The van der Waals surface area contributed by atoms with Crippen LogP contribution in [0.4, 0.5) is 28.4 Å². The van der Waals surface area contributed by atoms with Gasteiger partial charge < -0.3 is 44.2 Å². The Hall–Kier alpha value is -5.99. The number of anilines is 4. The maximum absolute atomic E-state index is 14.8. The number of amides is 1. The van der Waals surface area contributed by atoms with E-state index in [0.717, 1.165) is 81.9 Å². The summed E-state index contributed by atoms with van der Waals surface area (Å²) in [5, 5.41) is 26.6. The van der Waals surface area contributed by atoms with E-state index in [-0.39, 0.29) is 53.3 Å². The van der Waals surface area contributed by atoms with Crippen LogP contribution >= 0.6 is 0 Å². The number of fused-ring (bicyclic) bond motifs is 4. The highest BCUT2D eigenvalue weighted by molar-refractivity contribution is 7.90. The van der Waals surface area contributed by atoms with Gasteiger partial charge in [-0.15, -0.1) is 0 Å². The number of nitrogens with one attached hydrogen (secondary N) is 3. The van der Waals surface area contributed by atoms with Crippen LogP contribution in [0.25, 0.3) is 11.0 Å². The summed E-state index contributed by atoms with van der Waals surface area (Å²) in [5.41, 5.74) is 5.28. The summed E-state index contributed by atoms with van der Waals surface area (Å²) in [6, 6.07) is 20.5. The monoisotopic (exact) mass is 1000 g/mol. The van der Waals surface area contributed by atoms with Crippen molar-refractivity contribution in [1.29, 1.82) is 0 Å². The molecule has 12 rings (SSSR count). The van der Waals surface area contributed by atoms with E-state index in [1.54, 1.807) is 12.3 Å². The summed E-state index contributed by atoms with van der Waals surface area (Å²) < 4.78 is 55.5. The smallest absolute Gasteiger partial charge is 0.297 e. The van der Waals surface area contributed by atoms with E-state index in [1.165, 1.54) is 17.2 Å². The number of rotatable bonds is 10. The first kappa shape index (κ1) is 47.0. The highest BCUT2D eigenvalue weighted by Crippen LogP contribution is 2.54. The van der Waals surface area contributed by atoms with Gasteiger partial charge in [-0.3, -0.25) is 19.8 Å². The van der Waals surface area contributed by atoms with Crippen molar-refractivity contribution < 1.29 is 42.2 Å². The Morgan fingerprint density at radius 1 is 0.944 bits per heavy atom. The Labute approximate surface area is 418 Å². The molecule has 1 spiro atoms. The van der Waals surface area contributed by atoms with Crippen molar-refractivity contribution in [3.8, 4) is 11.6 Å². The second kappa shape index (κ2) is 18.8. The van der Waals surface area contributed by atoms with Crippen molar-refractivity contribution in [2.24, 2.45) is 11.3 Å². The standard InChI is InChI=1S/C53H62N8O10S/c1-32-4-2-3-5-40(32)46-30-69-21-19-59(46)37-27-53(28-37)14-17-58(18-15-53)36-8-11-41(43(24-36)60-42-13-20-68-31-48(42)71-52-45(60)23-34-12-16-54-50(34)56-52)51(63)57-72(66,67)39-25-44(61(64)65)49-47(26-39)70-29-35(55-49)22-33-6-9-38(62)10-7-33/h2-5,8,11-12,16,23-26,33,35,37-38,42,46,48,55,62H,6-7,9-10,13-15,17-22,27-31H2,1H3,(H,54,56)(H,57,63)/t33?,35-,38?,42+,46+,48+/m1/s1. The Kier molecular flexibility index (Phi) is 12.3. The van der Waals surface area contributed by atoms with Crippen LogP contribution in [0.2, 0.25) is 0 Å². The van der Waals surface area contributed by atoms with Gasteiger partial charge in [-0.1, -0.05) is 24.3 Å². The molecular weight excluding hydrogens is 941 g/mol. The molecule has 5 fully saturated rings. The minimum atomic E-state index is -4.70. The number of H-pyrrole nitrogens is 1. The number of morpholine rings is 1. The van der Waals surface area contributed by atoms with E-state index < -0.39 is 37.5 Å². The number of nitro benzene ring substituents is 1. The van der Waals surface area contributed by atoms with Gasteiger partial charge in [0.25, 0.3) is 21.6 Å². The molecule has 72 heavy (non-hydrogen) atoms. The molecule has 1 amide bonds. The average Bonchev–Trinajstić information content (AvgIpc) is 3.84. The quantitative estimate of drug-likeness (QED) is 0.0787. The molecule has 3 saturated heterocycles. The number of aryl methyl sites for hydroxylation is 1. The third-order valence-corrected chi connectivity index (χ3v) is 18.1. The van der Waals surface area contributed by atoms with E-state index in [4.69, 9.17) is 23.9 Å². The summed E-state index contributed by atoms with van der Waals surface area (Å²) in [6.45, 7) is 7.13. The minimum absolute atomic E-state index is 0.0183. The van der Waals surface area contributed by atoms with E-state index in [1.807, 2.05) is 24.3 Å². The van der Waals surface area contributed by atoms with Crippen molar-refractivity contribution >= 4 is 55.4 Å². The van der Waals surface area contributed by atoms with Gasteiger partial charge in [0.15, 0.2) is 11.4 Å². The van der Waals surface area contributed by atoms with E-state index in [2.05, 4.69) is 60.9 Å². The number of aliphatic hydroxyl groups is 1. The number of aromatic amines is 1. The van der Waals surface area contributed by atoms with Gasteiger partial charge in [-0.2, -0.15) is 4.98 Å². The molecule has 7 aliphatic rings. The Morgan fingerprint density at radius 2 is 1.75 bits per heavy atom. The van der Waals surface area contributed by atoms with Crippen LogP contribution in [0.1, 0.15) is 91.7 Å². The molecular formula is C53H62N8O10S. The number of hydrogen-bond acceptors (Lipinski definition) is 15. The zero-order chi connectivity index (χ0) is 49.3. The molecule has 0 radical (unpaired) electrons. The van der Waals surface area contributed by atoms with Gasteiger partial charge in [-0.25, -0.2) is 13.1 Å². The molecule has 5 aliphatic heterocycles. The Bertz CT molecular complexity index is 3000. The fraction of sp³-hybridized carbons (Fsp3) is 0.509. The minimum Gasteiger partial charge on any atom is -0.489 e. The van der Waals surface area contributed by atoms with Crippen LogP contribution in [0.3, 0.4) is 0 Å². The number of pyridine rings is 1. The Morgan fingerprint density at radius 3 is 2.56 bits per heavy atom.